The standard InChI is InChI=1S/C22H25N5OS/c1-16-6-7-19(14-17(16)2)27-21(18-8-10-23-11-9-18)24-25-22(27)29-15-20(28)26-12-4-3-5-13-26/h6-11,14H,3-5,12-13,15H2,1-2H3. The van der Waals surface area contributed by atoms with Crippen molar-refractivity contribution in [3.63, 3.8) is 0 Å². The number of benzene rings is 1. The van der Waals surface area contributed by atoms with Crippen LogP contribution in [0.4, 0.5) is 0 Å². The Morgan fingerprint density at radius 3 is 2.48 bits per heavy atom. The van der Waals surface area contributed by atoms with Gasteiger partial charge in [0.1, 0.15) is 0 Å². The summed E-state index contributed by atoms with van der Waals surface area (Å²) in [7, 11) is 0. The van der Waals surface area contributed by atoms with Crippen LogP contribution < -0.4 is 0 Å². The molecule has 1 fully saturated rings. The summed E-state index contributed by atoms with van der Waals surface area (Å²) in [5.41, 5.74) is 4.39. The van der Waals surface area contributed by atoms with Crippen molar-refractivity contribution in [3.8, 4) is 17.1 Å². The van der Waals surface area contributed by atoms with Gasteiger partial charge in [0.15, 0.2) is 11.0 Å². The molecule has 0 spiro atoms. The Bertz CT molecular complexity index is 996. The normalized spacial score (nSPS) is 14.2. The van der Waals surface area contributed by atoms with Crippen molar-refractivity contribution in [2.24, 2.45) is 0 Å². The fourth-order valence-corrected chi connectivity index (χ4v) is 4.36. The quantitative estimate of drug-likeness (QED) is 0.597. The number of aryl methyl sites for hydroxylation is 2. The molecule has 7 heteroatoms. The highest BCUT2D eigenvalue weighted by Gasteiger charge is 2.20. The maximum atomic E-state index is 12.6. The summed E-state index contributed by atoms with van der Waals surface area (Å²) in [6.45, 7) is 5.93. The number of rotatable bonds is 5. The maximum absolute atomic E-state index is 12.6. The topological polar surface area (TPSA) is 63.9 Å². The summed E-state index contributed by atoms with van der Waals surface area (Å²) in [4.78, 5) is 18.7. The van der Waals surface area contributed by atoms with E-state index >= 15 is 0 Å². The van der Waals surface area contributed by atoms with Crippen LogP contribution in [0, 0.1) is 13.8 Å². The number of hydrogen-bond acceptors (Lipinski definition) is 5. The number of pyridine rings is 1. The van der Waals surface area contributed by atoms with Crippen LogP contribution in [0.25, 0.3) is 17.1 Å². The predicted octanol–water partition coefficient (Wildman–Crippen LogP) is 4.05. The second kappa shape index (κ2) is 8.78. The zero-order chi connectivity index (χ0) is 20.2. The zero-order valence-electron chi connectivity index (χ0n) is 16.8. The van der Waals surface area contributed by atoms with Gasteiger partial charge in [0.05, 0.1) is 11.4 Å². The second-order valence-corrected chi connectivity index (χ2v) is 8.32. The summed E-state index contributed by atoms with van der Waals surface area (Å²) >= 11 is 1.45. The van der Waals surface area contributed by atoms with E-state index in [9.17, 15) is 4.79 Å². The summed E-state index contributed by atoms with van der Waals surface area (Å²) in [5, 5.41) is 9.59. The first-order valence-corrected chi connectivity index (χ1v) is 11.0. The van der Waals surface area contributed by atoms with Crippen LogP contribution in [-0.2, 0) is 4.79 Å². The molecule has 3 aromatic rings. The van der Waals surface area contributed by atoms with Crippen molar-refractivity contribution in [1.82, 2.24) is 24.6 Å². The molecule has 0 bridgehead atoms. The minimum absolute atomic E-state index is 0.176. The van der Waals surface area contributed by atoms with Gasteiger partial charge in [-0.25, -0.2) is 0 Å². The van der Waals surface area contributed by atoms with E-state index in [0.29, 0.717) is 5.75 Å². The van der Waals surface area contributed by atoms with Crippen LogP contribution in [0.15, 0.2) is 47.9 Å². The molecule has 1 aliphatic rings. The average Bonchev–Trinajstić information content (AvgIpc) is 3.19. The van der Waals surface area contributed by atoms with Crippen LogP contribution in [-0.4, -0.2) is 49.4 Å². The molecule has 0 unspecified atom stereocenters. The molecule has 3 heterocycles. The monoisotopic (exact) mass is 407 g/mol. The molecule has 1 aromatic carbocycles. The van der Waals surface area contributed by atoms with Crippen molar-refractivity contribution >= 4 is 17.7 Å². The van der Waals surface area contributed by atoms with Gasteiger partial charge in [-0.2, -0.15) is 0 Å². The van der Waals surface area contributed by atoms with Gasteiger partial charge >= 0.3 is 0 Å². The first-order valence-electron chi connectivity index (χ1n) is 9.97. The first-order chi connectivity index (χ1) is 14.1. The smallest absolute Gasteiger partial charge is 0.233 e. The van der Waals surface area contributed by atoms with Crippen LogP contribution in [0.1, 0.15) is 30.4 Å². The Morgan fingerprint density at radius 2 is 1.76 bits per heavy atom. The fraction of sp³-hybridized carbons (Fsp3) is 0.364. The lowest BCUT2D eigenvalue weighted by molar-refractivity contribution is -0.129. The van der Waals surface area contributed by atoms with Crippen molar-refractivity contribution in [2.45, 2.75) is 38.3 Å². The minimum Gasteiger partial charge on any atom is -0.342 e. The minimum atomic E-state index is 0.176. The molecule has 29 heavy (non-hydrogen) atoms. The van der Waals surface area contributed by atoms with E-state index < -0.39 is 0 Å². The Morgan fingerprint density at radius 1 is 1.00 bits per heavy atom. The number of hydrogen-bond donors (Lipinski definition) is 0. The van der Waals surface area contributed by atoms with Gasteiger partial charge < -0.3 is 4.90 Å². The summed E-state index contributed by atoms with van der Waals surface area (Å²) in [6, 6.07) is 10.2. The number of thioether (sulfide) groups is 1. The number of aromatic nitrogens is 4. The Balaban J connectivity index is 1.65. The lowest BCUT2D eigenvalue weighted by Crippen LogP contribution is -2.36. The van der Waals surface area contributed by atoms with E-state index in [0.717, 1.165) is 48.2 Å². The third-order valence-corrected chi connectivity index (χ3v) is 6.27. The van der Waals surface area contributed by atoms with E-state index in [1.807, 2.05) is 21.6 Å². The molecule has 1 saturated heterocycles. The van der Waals surface area contributed by atoms with Crippen LogP contribution in [0.5, 0.6) is 0 Å². The van der Waals surface area contributed by atoms with Crippen molar-refractivity contribution in [3.05, 3.63) is 53.9 Å². The lowest BCUT2D eigenvalue weighted by Gasteiger charge is -2.26. The van der Waals surface area contributed by atoms with Gasteiger partial charge in [-0.1, -0.05) is 17.8 Å². The second-order valence-electron chi connectivity index (χ2n) is 7.38. The third-order valence-electron chi connectivity index (χ3n) is 5.35. The summed E-state index contributed by atoms with van der Waals surface area (Å²) < 4.78 is 2.04. The number of carbonyl (C=O) groups is 1. The summed E-state index contributed by atoms with van der Waals surface area (Å²) in [5.74, 6) is 1.30. The molecule has 150 valence electrons. The van der Waals surface area contributed by atoms with Crippen LogP contribution in [0.3, 0.4) is 0 Å². The fourth-order valence-electron chi connectivity index (χ4n) is 3.51. The molecule has 0 N–H and O–H groups in total. The van der Waals surface area contributed by atoms with E-state index in [-0.39, 0.29) is 5.91 Å². The summed E-state index contributed by atoms with van der Waals surface area (Å²) in [6.07, 6.45) is 6.92. The Kier molecular flexibility index (Phi) is 5.94. The molecule has 1 amide bonds. The molecular formula is C22H25N5OS. The maximum Gasteiger partial charge on any atom is 0.233 e. The average molecular weight is 408 g/mol. The molecular weight excluding hydrogens is 382 g/mol. The van der Waals surface area contributed by atoms with Gasteiger partial charge in [-0.05, 0) is 68.5 Å². The van der Waals surface area contributed by atoms with Crippen molar-refractivity contribution < 1.29 is 4.79 Å². The Labute approximate surface area is 175 Å². The first kappa shape index (κ1) is 19.6. The van der Waals surface area contributed by atoms with Crippen molar-refractivity contribution in [2.75, 3.05) is 18.8 Å². The van der Waals surface area contributed by atoms with Gasteiger partial charge in [0.2, 0.25) is 5.91 Å². The highest BCUT2D eigenvalue weighted by molar-refractivity contribution is 7.99. The molecule has 1 aliphatic heterocycles. The molecule has 0 radical (unpaired) electrons. The molecule has 0 atom stereocenters. The number of likely N-dealkylation sites (tertiary alicyclic amines) is 1. The lowest BCUT2D eigenvalue weighted by atomic mass is 10.1. The van der Waals surface area contributed by atoms with Crippen LogP contribution in [0.2, 0.25) is 0 Å². The molecule has 6 nitrogen and oxygen atoms in total. The van der Waals surface area contributed by atoms with Crippen LogP contribution >= 0.6 is 11.8 Å². The highest BCUT2D eigenvalue weighted by Crippen LogP contribution is 2.29. The van der Waals surface area contributed by atoms with Gasteiger partial charge in [0, 0.05) is 31.0 Å². The van der Waals surface area contributed by atoms with E-state index in [4.69, 9.17) is 0 Å². The number of nitrogens with zero attached hydrogens (tertiary/aromatic N) is 5. The van der Waals surface area contributed by atoms with Gasteiger partial charge in [-0.3, -0.25) is 14.3 Å². The SMILES string of the molecule is Cc1ccc(-n2c(SCC(=O)N3CCCCC3)nnc2-c2ccncc2)cc1C. The number of amides is 1. The molecule has 2 aromatic heterocycles. The Hall–Kier alpha value is -2.67. The van der Waals surface area contributed by atoms with Crippen molar-refractivity contribution in [1.29, 1.82) is 0 Å². The highest BCUT2D eigenvalue weighted by atomic mass is 32.2. The molecule has 4 rings (SSSR count). The number of carbonyl (C=O) groups excluding carboxylic acids is 1. The largest absolute Gasteiger partial charge is 0.342 e. The predicted molar refractivity (Wildman–Crippen MR) is 115 cm³/mol. The third kappa shape index (κ3) is 4.34. The van der Waals surface area contributed by atoms with Gasteiger partial charge in [-0.15, -0.1) is 10.2 Å². The van der Waals surface area contributed by atoms with E-state index in [2.05, 4.69) is 47.2 Å². The number of piperidine rings is 1. The molecule has 0 aliphatic carbocycles. The molecule has 0 saturated carbocycles. The van der Waals surface area contributed by atoms with E-state index in [1.165, 1.54) is 29.3 Å². The van der Waals surface area contributed by atoms with Gasteiger partial charge in [0.25, 0.3) is 0 Å². The zero-order valence-corrected chi connectivity index (χ0v) is 17.7. The van der Waals surface area contributed by atoms with E-state index in [1.54, 1.807) is 12.4 Å².